The molecule has 112 valence electrons. The summed E-state index contributed by atoms with van der Waals surface area (Å²) in [5.74, 6) is 0.820. The first-order valence-electron chi connectivity index (χ1n) is 8.27. The number of hydrogen-bond acceptors (Lipinski definition) is 3. The molecule has 0 aromatic carbocycles. The van der Waals surface area contributed by atoms with E-state index in [0.717, 1.165) is 30.6 Å². The van der Waals surface area contributed by atoms with E-state index >= 15 is 0 Å². The number of rotatable bonds is 2. The molecular formula is C18H25N3. The summed E-state index contributed by atoms with van der Waals surface area (Å²) in [4.78, 5) is 4.79. The number of nitrogens with zero attached hydrogens (tertiary/aromatic N) is 2. The van der Waals surface area contributed by atoms with Crippen LogP contribution in [0, 0.1) is 16.7 Å². The van der Waals surface area contributed by atoms with Gasteiger partial charge < -0.3 is 5.32 Å². The largest absolute Gasteiger partial charge is 0.366 e. The third-order valence-corrected chi connectivity index (χ3v) is 4.97. The molecule has 0 aliphatic heterocycles. The van der Waals surface area contributed by atoms with Crippen LogP contribution in [-0.4, -0.2) is 11.0 Å². The Morgan fingerprint density at radius 2 is 2.10 bits per heavy atom. The fraction of sp³-hybridized carbons (Fsp3) is 0.667. The van der Waals surface area contributed by atoms with Crippen molar-refractivity contribution in [1.29, 1.82) is 5.26 Å². The van der Waals surface area contributed by atoms with Gasteiger partial charge in [0.15, 0.2) is 0 Å². The van der Waals surface area contributed by atoms with E-state index in [1.807, 2.05) is 0 Å². The standard InChI is InChI=1S/C18H25N3/c1-18(2)9-5-7-15(11-18)20-17-14(12-19)10-13-6-3-4-8-16(13)21-17/h10,15H,3-9,11H2,1-2H3,(H,20,21). The van der Waals surface area contributed by atoms with E-state index in [-0.39, 0.29) is 0 Å². The fourth-order valence-corrected chi connectivity index (χ4v) is 3.84. The molecule has 3 heteroatoms. The SMILES string of the molecule is CC1(C)CCCC(Nc2nc3c(cc2C#N)CCCC3)C1. The summed E-state index contributed by atoms with van der Waals surface area (Å²) in [7, 11) is 0. The predicted octanol–water partition coefficient (Wildman–Crippen LogP) is 4.21. The summed E-state index contributed by atoms with van der Waals surface area (Å²) in [5, 5.41) is 13.0. The number of aromatic nitrogens is 1. The van der Waals surface area contributed by atoms with Gasteiger partial charge in [0.05, 0.1) is 5.56 Å². The number of fused-ring (bicyclic) bond motifs is 1. The van der Waals surface area contributed by atoms with Crippen molar-refractivity contribution in [1.82, 2.24) is 4.98 Å². The van der Waals surface area contributed by atoms with Gasteiger partial charge >= 0.3 is 0 Å². The van der Waals surface area contributed by atoms with E-state index in [0.29, 0.717) is 11.5 Å². The van der Waals surface area contributed by atoms with Crippen molar-refractivity contribution < 1.29 is 0 Å². The number of pyridine rings is 1. The van der Waals surface area contributed by atoms with E-state index in [1.54, 1.807) is 0 Å². The first kappa shape index (κ1) is 14.4. The highest BCUT2D eigenvalue weighted by molar-refractivity contribution is 5.55. The third-order valence-electron chi connectivity index (χ3n) is 4.97. The van der Waals surface area contributed by atoms with Crippen LogP contribution in [-0.2, 0) is 12.8 Å². The zero-order valence-electron chi connectivity index (χ0n) is 13.2. The number of anilines is 1. The third kappa shape index (κ3) is 3.20. The van der Waals surface area contributed by atoms with Crippen LogP contribution in [0.3, 0.4) is 0 Å². The molecule has 1 aromatic rings. The molecule has 2 aliphatic rings. The second-order valence-corrected chi connectivity index (χ2v) is 7.41. The Labute approximate surface area is 127 Å². The molecular weight excluding hydrogens is 258 g/mol. The molecule has 0 radical (unpaired) electrons. The van der Waals surface area contributed by atoms with Gasteiger partial charge in [-0.25, -0.2) is 4.98 Å². The maximum Gasteiger partial charge on any atom is 0.144 e. The zero-order chi connectivity index (χ0) is 14.9. The van der Waals surface area contributed by atoms with Gasteiger partial charge in [-0.05, 0) is 62.0 Å². The molecule has 1 fully saturated rings. The summed E-state index contributed by atoms with van der Waals surface area (Å²) in [6, 6.07) is 4.85. The van der Waals surface area contributed by atoms with Crippen LogP contribution in [0.1, 0.15) is 69.2 Å². The molecule has 21 heavy (non-hydrogen) atoms. The van der Waals surface area contributed by atoms with Gasteiger partial charge in [-0.15, -0.1) is 0 Å². The number of nitrogens with one attached hydrogen (secondary N) is 1. The van der Waals surface area contributed by atoms with Gasteiger partial charge in [0.25, 0.3) is 0 Å². The molecule has 0 amide bonds. The molecule has 1 atom stereocenters. The van der Waals surface area contributed by atoms with Crippen molar-refractivity contribution in [2.75, 3.05) is 5.32 Å². The molecule has 2 aliphatic carbocycles. The van der Waals surface area contributed by atoms with Crippen molar-refractivity contribution in [2.45, 2.75) is 71.3 Å². The summed E-state index contributed by atoms with van der Waals surface area (Å²) in [6.45, 7) is 4.68. The van der Waals surface area contributed by atoms with Crippen LogP contribution in [0.25, 0.3) is 0 Å². The van der Waals surface area contributed by atoms with E-state index < -0.39 is 0 Å². The Balaban J connectivity index is 1.83. The monoisotopic (exact) mass is 283 g/mol. The van der Waals surface area contributed by atoms with Crippen molar-refractivity contribution in [3.05, 3.63) is 22.9 Å². The van der Waals surface area contributed by atoms with E-state index in [1.165, 1.54) is 43.4 Å². The Morgan fingerprint density at radius 1 is 1.29 bits per heavy atom. The van der Waals surface area contributed by atoms with Crippen LogP contribution in [0.2, 0.25) is 0 Å². The minimum absolute atomic E-state index is 0.400. The van der Waals surface area contributed by atoms with E-state index in [2.05, 4.69) is 31.3 Å². The van der Waals surface area contributed by atoms with Gasteiger partial charge in [-0.2, -0.15) is 5.26 Å². The highest BCUT2D eigenvalue weighted by Crippen LogP contribution is 2.36. The fourth-order valence-electron chi connectivity index (χ4n) is 3.84. The quantitative estimate of drug-likeness (QED) is 0.884. The Bertz CT molecular complexity index is 569. The molecule has 3 rings (SSSR count). The molecule has 1 aromatic heterocycles. The second kappa shape index (κ2) is 5.67. The summed E-state index contributed by atoms with van der Waals surface area (Å²) < 4.78 is 0. The van der Waals surface area contributed by atoms with E-state index in [9.17, 15) is 5.26 Å². The minimum atomic E-state index is 0.400. The molecule has 1 N–H and O–H groups in total. The zero-order valence-corrected chi connectivity index (χ0v) is 13.2. The average Bonchev–Trinajstić information content (AvgIpc) is 2.45. The summed E-state index contributed by atoms with van der Waals surface area (Å²) in [5.41, 5.74) is 3.61. The Kier molecular flexibility index (Phi) is 3.89. The van der Waals surface area contributed by atoms with Crippen LogP contribution < -0.4 is 5.32 Å². The smallest absolute Gasteiger partial charge is 0.144 e. The average molecular weight is 283 g/mol. The van der Waals surface area contributed by atoms with Crippen LogP contribution in [0.5, 0.6) is 0 Å². The lowest BCUT2D eigenvalue weighted by Gasteiger charge is -2.36. The van der Waals surface area contributed by atoms with E-state index in [4.69, 9.17) is 4.98 Å². The first-order chi connectivity index (χ1) is 10.1. The number of nitriles is 1. The minimum Gasteiger partial charge on any atom is -0.366 e. The van der Waals surface area contributed by atoms with Gasteiger partial charge in [0.2, 0.25) is 0 Å². The lowest BCUT2D eigenvalue weighted by molar-refractivity contribution is 0.229. The highest BCUT2D eigenvalue weighted by atomic mass is 15.0. The lowest BCUT2D eigenvalue weighted by Crippen LogP contribution is -2.32. The van der Waals surface area contributed by atoms with Crippen LogP contribution in [0.4, 0.5) is 5.82 Å². The molecule has 0 saturated heterocycles. The summed E-state index contributed by atoms with van der Waals surface area (Å²) >= 11 is 0. The van der Waals surface area contributed by atoms with Crippen molar-refractivity contribution in [3.63, 3.8) is 0 Å². The molecule has 0 spiro atoms. The Hall–Kier alpha value is -1.56. The van der Waals surface area contributed by atoms with Crippen molar-refractivity contribution in [3.8, 4) is 6.07 Å². The van der Waals surface area contributed by atoms with Gasteiger partial charge in [-0.1, -0.05) is 20.3 Å². The summed E-state index contributed by atoms with van der Waals surface area (Å²) in [6.07, 6.45) is 9.50. The van der Waals surface area contributed by atoms with Crippen LogP contribution >= 0.6 is 0 Å². The van der Waals surface area contributed by atoms with Gasteiger partial charge in [0.1, 0.15) is 11.9 Å². The highest BCUT2D eigenvalue weighted by Gasteiger charge is 2.28. The second-order valence-electron chi connectivity index (χ2n) is 7.41. The maximum absolute atomic E-state index is 9.42. The molecule has 1 saturated carbocycles. The number of aryl methyl sites for hydroxylation is 2. The van der Waals surface area contributed by atoms with Crippen LogP contribution in [0.15, 0.2) is 6.07 Å². The predicted molar refractivity (Wildman–Crippen MR) is 85.3 cm³/mol. The normalized spacial score (nSPS) is 24.0. The molecule has 3 nitrogen and oxygen atoms in total. The van der Waals surface area contributed by atoms with Gasteiger partial charge in [0, 0.05) is 11.7 Å². The topological polar surface area (TPSA) is 48.7 Å². The van der Waals surface area contributed by atoms with Gasteiger partial charge in [-0.3, -0.25) is 0 Å². The maximum atomic E-state index is 9.42. The molecule has 1 unspecified atom stereocenters. The van der Waals surface area contributed by atoms with Crippen molar-refractivity contribution >= 4 is 5.82 Å². The number of hydrogen-bond donors (Lipinski definition) is 1. The van der Waals surface area contributed by atoms with Crippen molar-refractivity contribution in [2.24, 2.45) is 5.41 Å². The molecule has 0 bridgehead atoms. The Morgan fingerprint density at radius 3 is 2.86 bits per heavy atom. The first-order valence-corrected chi connectivity index (χ1v) is 8.27. The molecule has 1 heterocycles. The lowest BCUT2D eigenvalue weighted by atomic mass is 9.75.